The molecule has 0 saturated carbocycles. The van der Waals surface area contributed by atoms with Crippen molar-refractivity contribution in [3.63, 3.8) is 0 Å². The SMILES string of the molecule is O=C(CC1(O)C(=O)N(Cc2ccccc2Cl)c2ccc(Cl)cc21)c1ccncc1. The van der Waals surface area contributed by atoms with Gasteiger partial charge in [0, 0.05) is 33.6 Å². The van der Waals surface area contributed by atoms with Gasteiger partial charge in [0.2, 0.25) is 0 Å². The lowest BCUT2D eigenvalue weighted by Gasteiger charge is -2.23. The van der Waals surface area contributed by atoms with Crippen molar-refractivity contribution in [1.29, 1.82) is 0 Å². The van der Waals surface area contributed by atoms with Gasteiger partial charge in [-0.3, -0.25) is 14.6 Å². The third kappa shape index (κ3) is 3.53. The summed E-state index contributed by atoms with van der Waals surface area (Å²) in [7, 11) is 0. The summed E-state index contributed by atoms with van der Waals surface area (Å²) in [6.45, 7) is 0.166. The fraction of sp³-hybridized carbons (Fsp3) is 0.136. The smallest absolute Gasteiger partial charge is 0.264 e. The molecule has 1 N–H and O–H groups in total. The highest BCUT2D eigenvalue weighted by atomic mass is 35.5. The minimum Gasteiger partial charge on any atom is -0.375 e. The summed E-state index contributed by atoms with van der Waals surface area (Å²) in [4.78, 5) is 31.4. The molecule has 146 valence electrons. The molecule has 3 aromatic rings. The number of halogens is 2. The molecule has 7 heteroatoms. The fourth-order valence-electron chi connectivity index (χ4n) is 3.52. The van der Waals surface area contributed by atoms with Crippen LogP contribution in [0.15, 0.2) is 67.0 Å². The highest BCUT2D eigenvalue weighted by Gasteiger charge is 2.51. The molecular formula is C22H16Cl2N2O3. The van der Waals surface area contributed by atoms with Gasteiger partial charge >= 0.3 is 0 Å². The van der Waals surface area contributed by atoms with Gasteiger partial charge in [-0.05, 0) is 42.0 Å². The van der Waals surface area contributed by atoms with E-state index in [4.69, 9.17) is 23.2 Å². The van der Waals surface area contributed by atoms with Crippen LogP contribution in [0.5, 0.6) is 0 Å². The van der Waals surface area contributed by atoms with Crippen molar-refractivity contribution < 1.29 is 14.7 Å². The fourth-order valence-corrected chi connectivity index (χ4v) is 3.89. The van der Waals surface area contributed by atoms with E-state index in [0.717, 1.165) is 5.56 Å². The number of ketones is 1. The van der Waals surface area contributed by atoms with E-state index in [2.05, 4.69) is 4.98 Å². The molecule has 0 aliphatic carbocycles. The van der Waals surface area contributed by atoms with E-state index in [1.807, 2.05) is 12.1 Å². The van der Waals surface area contributed by atoms with Crippen molar-refractivity contribution in [1.82, 2.24) is 4.98 Å². The van der Waals surface area contributed by atoms with Crippen LogP contribution in [0.25, 0.3) is 0 Å². The molecule has 0 bridgehead atoms. The summed E-state index contributed by atoms with van der Waals surface area (Å²) in [5.41, 5.74) is -0.0988. The van der Waals surface area contributed by atoms with Crippen molar-refractivity contribution in [2.75, 3.05) is 4.90 Å². The first kappa shape index (κ1) is 19.6. The molecule has 4 rings (SSSR count). The Kier molecular flexibility index (Phi) is 5.13. The Morgan fingerprint density at radius 1 is 1.07 bits per heavy atom. The number of nitrogens with zero attached hydrogens (tertiary/aromatic N) is 2. The molecule has 0 radical (unpaired) electrons. The normalized spacial score (nSPS) is 18.0. The Morgan fingerprint density at radius 2 is 1.79 bits per heavy atom. The summed E-state index contributed by atoms with van der Waals surface area (Å²) in [5.74, 6) is -0.953. The van der Waals surface area contributed by atoms with E-state index >= 15 is 0 Å². The lowest BCUT2D eigenvalue weighted by molar-refractivity contribution is -0.136. The van der Waals surface area contributed by atoms with Gasteiger partial charge in [-0.15, -0.1) is 0 Å². The topological polar surface area (TPSA) is 70.5 Å². The first-order valence-electron chi connectivity index (χ1n) is 8.91. The quantitative estimate of drug-likeness (QED) is 0.613. The van der Waals surface area contributed by atoms with Crippen LogP contribution in [0, 0.1) is 0 Å². The summed E-state index contributed by atoms with van der Waals surface area (Å²) < 4.78 is 0. The monoisotopic (exact) mass is 426 g/mol. The number of fused-ring (bicyclic) bond motifs is 1. The van der Waals surface area contributed by atoms with E-state index in [9.17, 15) is 14.7 Å². The Bertz CT molecular complexity index is 1100. The van der Waals surface area contributed by atoms with Gasteiger partial charge < -0.3 is 10.0 Å². The van der Waals surface area contributed by atoms with E-state index in [0.29, 0.717) is 26.9 Å². The van der Waals surface area contributed by atoms with Crippen LogP contribution < -0.4 is 4.90 Å². The third-order valence-corrected chi connectivity index (χ3v) is 5.60. The average Bonchev–Trinajstić information content (AvgIpc) is 2.92. The van der Waals surface area contributed by atoms with Gasteiger partial charge in [0.1, 0.15) is 0 Å². The van der Waals surface area contributed by atoms with Gasteiger partial charge in [0.25, 0.3) is 5.91 Å². The first-order chi connectivity index (χ1) is 13.9. The standard InChI is InChI=1S/C22H16Cl2N2O3/c23-16-5-6-19-17(11-16)22(29,12-20(27)14-7-9-25-10-8-14)21(28)26(19)13-15-3-1-2-4-18(15)24/h1-11,29H,12-13H2. The number of rotatable bonds is 5. The maximum Gasteiger partial charge on any atom is 0.264 e. The number of Topliss-reactive ketones (excluding diaryl/α,β-unsaturated/α-hetero) is 1. The maximum atomic E-state index is 13.3. The van der Waals surface area contributed by atoms with Crippen molar-refractivity contribution >= 4 is 40.6 Å². The Morgan fingerprint density at radius 3 is 2.52 bits per heavy atom. The van der Waals surface area contributed by atoms with Crippen molar-refractivity contribution in [2.45, 2.75) is 18.6 Å². The van der Waals surface area contributed by atoms with E-state index in [-0.39, 0.29) is 12.3 Å². The van der Waals surface area contributed by atoms with Crippen molar-refractivity contribution in [3.05, 3.63) is 93.7 Å². The predicted molar refractivity (Wildman–Crippen MR) is 111 cm³/mol. The highest BCUT2D eigenvalue weighted by Crippen LogP contribution is 2.45. The molecule has 1 aliphatic rings. The van der Waals surface area contributed by atoms with Gasteiger partial charge in [-0.2, -0.15) is 0 Å². The Labute approximate surface area is 177 Å². The molecule has 2 heterocycles. The molecule has 1 unspecified atom stereocenters. The van der Waals surface area contributed by atoms with Crippen LogP contribution in [0.2, 0.25) is 10.0 Å². The van der Waals surface area contributed by atoms with Crippen molar-refractivity contribution in [2.24, 2.45) is 0 Å². The zero-order valence-corrected chi connectivity index (χ0v) is 16.7. The van der Waals surface area contributed by atoms with E-state index < -0.39 is 17.9 Å². The summed E-state index contributed by atoms with van der Waals surface area (Å²) in [5, 5.41) is 12.2. The number of carbonyl (C=O) groups is 2. The molecule has 1 amide bonds. The second kappa shape index (κ2) is 7.59. The molecule has 2 aromatic carbocycles. The number of anilines is 1. The van der Waals surface area contributed by atoms with Crippen LogP contribution in [0.1, 0.15) is 27.9 Å². The molecule has 0 fully saturated rings. The number of amides is 1. The molecule has 1 atom stereocenters. The van der Waals surface area contributed by atoms with Crippen molar-refractivity contribution in [3.8, 4) is 0 Å². The summed E-state index contributed by atoms with van der Waals surface area (Å²) in [6.07, 6.45) is 2.58. The molecule has 1 aromatic heterocycles. The van der Waals surface area contributed by atoms with Crippen LogP contribution in [0.4, 0.5) is 5.69 Å². The van der Waals surface area contributed by atoms with E-state index in [1.165, 1.54) is 23.4 Å². The molecular weight excluding hydrogens is 411 g/mol. The number of aromatic nitrogens is 1. The number of hydrogen-bond acceptors (Lipinski definition) is 4. The summed E-state index contributed by atoms with van der Waals surface area (Å²) in [6, 6.07) is 15.1. The van der Waals surface area contributed by atoms with Crippen LogP contribution in [-0.4, -0.2) is 21.8 Å². The predicted octanol–water partition coefficient (Wildman–Crippen LogP) is 4.40. The number of hydrogen-bond donors (Lipinski definition) is 1. The first-order valence-corrected chi connectivity index (χ1v) is 9.67. The molecule has 0 spiro atoms. The molecule has 5 nitrogen and oxygen atoms in total. The van der Waals surface area contributed by atoms with E-state index in [1.54, 1.807) is 36.4 Å². The number of aliphatic hydroxyl groups is 1. The Balaban J connectivity index is 1.73. The minimum absolute atomic E-state index is 0.166. The number of pyridine rings is 1. The molecule has 29 heavy (non-hydrogen) atoms. The number of carbonyl (C=O) groups excluding carboxylic acids is 2. The maximum absolute atomic E-state index is 13.3. The molecule has 0 saturated heterocycles. The average molecular weight is 427 g/mol. The van der Waals surface area contributed by atoms with Gasteiger partial charge in [-0.25, -0.2) is 0 Å². The number of benzene rings is 2. The van der Waals surface area contributed by atoms with Crippen LogP contribution in [0.3, 0.4) is 0 Å². The summed E-state index contributed by atoms with van der Waals surface area (Å²) >= 11 is 12.4. The van der Waals surface area contributed by atoms with Gasteiger partial charge in [-0.1, -0.05) is 41.4 Å². The van der Waals surface area contributed by atoms with Gasteiger partial charge in [0.05, 0.1) is 18.7 Å². The van der Waals surface area contributed by atoms with Crippen LogP contribution >= 0.6 is 23.2 Å². The largest absolute Gasteiger partial charge is 0.375 e. The van der Waals surface area contributed by atoms with Gasteiger partial charge in [0.15, 0.2) is 11.4 Å². The molecule has 1 aliphatic heterocycles. The highest BCUT2D eigenvalue weighted by molar-refractivity contribution is 6.31. The zero-order chi connectivity index (χ0) is 20.6. The Hall–Kier alpha value is -2.73. The zero-order valence-electron chi connectivity index (χ0n) is 15.2. The minimum atomic E-state index is -2.01. The second-order valence-corrected chi connectivity index (χ2v) is 7.68. The third-order valence-electron chi connectivity index (χ3n) is 5.00. The second-order valence-electron chi connectivity index (χ2n) is 6.84. The van der Waals surface area contributed by atoms with Crippen LogP contribution in [-0.2, 0) is 16.9 Å². The lowest BCUT2D eigenvalue weighted by Crippen LogP contribution is -2.41. The lowest BCUT2D eigenvalue weighted by atomic mass is 9.88.